The van der Waals surface area contributed by atoms with Crippen LogP contribution in [0, 0.1) is 5.92 Å². The Morgan fingerprint density at radius 1 is 0.867 bits per heavy atom. The van der Waals surface area contributed by atoms with Crippen molar-refractivity contribution in [3.05, 3.63) is 0 Å². The fourth-order valence-corrected chi connectivity index (χ4v) is 2.54. The van der Waals surface area contributed by atoms with Gasteiger partial charge in [-0.1, -0.05) is 13.8 Å². The minimum Gasteiger partial charge on any atom is -0.394 e. The van der Waals surface area contributed by atoms with Gasteiger partial charge in [-0.25, -0.2) is 4.39 Å². The van der Waals surface area contributed by atoms with Gasteiger partial charge in [0, 0.05) is 0 Å². The summed E-state index contributed by atoms with van der Waals surface area (Å²) in [4.78, 5) is 48.4. The van der Waals surface area contributed by atoms with Crippen molar-refractivity contribution in [1.82, 2.24) is 16.0 Å². The molecule has 0 aliphatic rings. The zero-order valence-electron chi connectivity index (χ0n) is 17.6. The van der Waals surface area contributed by atoms with Gasteiger partial charge in [0.1, 0.15) is 24.8 Å². The SMILES string of the molecule is CC(C)C[C@H](N)C(=O)N[C@@H](CO)C(=O)N[C@H](C(=O)N[C@H](C(=O)CF)[C@@H](C)O)[C@@H](C)O. The molecule has 8 N–H and O–H groups in total. The number of ketones is 1. The van der Waals surface area contributed by atoms with Crippen molar-refractivity contribution >= 4 is 23.5 Å². The summed E-state index contributed by atoms with van der Waals surface area (Å²) >= 11 is 0. The number of nitrogens with two attached hydrogens (primary N) is 1. The molecule has 0 rings (SSSR count). The minimum atomic E-state index is -1.61. The third-order valence-electron chi connectivity index (χ3n) is 4.20. The van der Waals surface area contributed by atoms with Crippen LogP contribution in [0.4, 0.5) is 4.39 Å². The average Bonchev–Trinajstić information content (AvgIpc) is 2.65. The molecular formula is C18H33FN4O7. The van der Waals surface area contributed by atoms with Crippen molar-refractivity contribution in [2.45, 2.75) is 70.5 Å². The van der Waals surface area contributed by atoms with Crippen molar-refractivity contribution in [3.63, 3.8) is 0 Å². The first-order chi connectivity index (χ1) is 13.8. The number of aliphatic hydroxyl groups is 3. The zero-order chi connectivity index (χ0) is 23.6. The highest BCUT2D eigenvalue weighted by Crippen LogP contribution is 2.04. The van der Waals surface area contributed by atoms with E-state index >= 15 is 0 Å². The van der Waals surface area contributed by atoms with Gasteiger partial charge >= 0.3 is 0 Å². The first-order valence-electron chi connectivity index (χ1n) is 9.57. The van der Waals surface area contributed by atoms with Crippen molar-refractivity contribution in [1.29, 1.82) is 0 Å². The summed E-state index contributed by atoms with van der Waals surface area (Å²) in [5.41, 5.74) is 5.73. The van der Waals surface area contributed by atoms with E-state index in [1.807, 2.05) is 13.8 Å². The van der Waals surface area contributed by atoms with Crippen LogP contribution in [0.2, 0.25) is 0 Å². The van der Waals surface area contributed by atoms with Gasteiger partial charge in [0.2, 0.25) is 17.7 Å². The number of hydrogen-bond acceptors (Lipinski definition) is 8. The molecule has 0 aliphatic heterocycles. The highest BCUT2D eigenvalue weighted by atomic mass is 19.1. The Kier molecular flexibility index (Phi) is 12.3. The fourth-order valence-electron chi connectivity index (χ4n) is 2.54. The van der Waals surface area contributed by atoms with Crippen molar-refractivity contribution in [2.24, 2.45) is 11.7 Å². The fraction of sp³-hybridized carbons (Fsp3) is 0.778. The van der Waals surface area contributed by atoms with E-state index in [0.29, 0.717) is 6.42 Å². The number of carbonyl (C=O) groups is 4. The number of carbonyl (C=O) groups excluding carboxylic acids is 4. The quantitative estimate of drug-likeness (QED) is 0.160. The second-order valence-corrected chi connectivity index (χ2v) is 7.53. The summed E-state index contributed by atoms with van der Waals surface area (Å²) in [5.74, 6) is -3.71. The molecule has 0 unspecified atom stereocenters. The van der Waals surface area contributed by atoms with E-state index in [9.17, 15) is 38.9 Å². The van der Waals surface area contributed by atoms with Crippen LogP contribution in [0.15, 0.2) is 0 Å². The zero-order valence-corrected chi connectivity index (χ0v) is 17.6. The van der Waals surface area contributed by atoms with Crippen LogP contribution in [-0.4, -0.2) is 88.5 Å². The molecular weight excluding hydrogens is 403 g/mol. The lowest BCUT2D eigenvalue weighted by Crippen LogP contribution is -2.61. The highest BCUT2D eigenvalue weighted by Gasteiger charge is 2.33. The van der Waals surface area contributed by atoms with E-state index in [4.69, 9.17) is 5.73 Å². The average molecular weight is 436 g/mol. The third-order valence-corrected chi connectivity index (χ3v) is 4.20. The smallest absolute Gasteiger partial charge is 0.245 e. The molecule has 0 saturated heterocycles. The van der Waals surface area contributed by atoms with E-state index in [1.165, 1.54) is 6.92 Å². The van der Waals surface area contributed by atoms with Gasteiger partial charge in [0.05, 0.1) is 24.9 Å². The second kappa shape index (κ2) is 13.2. The third kappa shape index (κ3) is 9.11. The molecule has 0 aromatic carbocycles. The predicted molar refractivity (Wildman–Crippen MR) is 105 cm³/mol. The number of Topliss-reactive ketones (excluding diaryl/α,β-unsaturated/α-hetero) is 1. The van der Waals surface area contributed by atoms with E-state index < -0.39 is 73.2 Å². The summed E-state index contributed by atoms with van der Waals surface area (Å²) in [6.07, 6.45) is -2.54. The maximum absolute atomic E-state index is 12.6. The normalized spacial score (nSPS) is 17.3. The Morgan fingerprint density at radius 2 is 1.37 bits per heavy atom. The van der Waals surface area contributed by atoms with Crippen molar-refractivity contribution in [2.75, 3.05) is 13.3 Å². The number of rotatable bonds is 13. The Balaban J connectivity index is 5.21. The maximum atomic E-state index is 12.6. The number of nitrogens with one attached hydrogen (secondary N) is 3. The number of halogens is 1. The molecule has 11 nitrogen and oxygen atoms in total. The summed E-state index contributed by atoms with van der Waals surface area (Å²) < 4.78 is 12.6. The van der Waals surface area contributed by atoms with Crippen LogP contribution in [-0.2, 0) is 19.2 Å². The molecule has 0 heterocycles. The molecule has 0 aromatic rings. The molecule has 30 heavy (non-hydrogen) atoms. The predicted octanol–water partition coefficient (Wildman–Crippen LogP) is -2.89. The highest BCUT2D eigenvalue weighted by molar-refractivity contribution is 5.95. The van der Waals surface area contributed by atoms with Crippen LogP contribution >= 0.6 is 0 Å². The number of amides is 3. The number of aliphatic hydroxyl groups excluding tert-OH is 3. The van der Waals surface area contributed by atoms with Gasteiger partial charge < -0.3 is 37.0 Å². The molecule has 6 atom stereocenters. The van der Waals surface area contributed by atoms with E-state index in [-0.39, 0.29) is 5.92 Å². The van der Waals surface area contributed by atoms with Crippen LogP contribution in [0.1, 0.15) is 34.1 Å². The van der Waals surface area contributed by atoms with Crippen LogP contribution in [0.25, 0.3) is 0 Å². The first-order valence-corrected chi connectivity index (χ1v) is 9.57. The van der Waals surface area contributed by atoms with Crippen LogP contribution < -0.4 is 21.7 Å². The summed E-state index contributed by atoms with van der Waals surface area (Å²) in [6, 6.07) is -5.56. The van der Waals surface area contributed by atoms with Crippen molar-refractivity contribution in [3.8, 4) is 0 Å². The summed E-state index contributed by atoms with van der Waals surface area (Å²) in [7, 11) is 0. The standard InChI is InChI=1S/C18H33FN4O7/c1-8(2)5-11(20)16(28)21-12(7-24)17(29)23-15(10(4)26)18(30)22-14(9(3)25)13(27)6-19/h8-12,14-15,24-26H,5-7,20H2,1-4H3,(H,21,28)(H,22,30)(H,23,29)/t9-,10-,11+,12+,14+,15+/m1/s1. The van der Waals surface area contributed by atoms with Crippen LogP contribution in [0.3, 0.4) is 0 Å². The van der Waals surface area contributed by atoms with E-state index in [0.717, 1.165) is 6.92 Å². The van der Waals surface area contributed by atoms with E-state index in [2.05, 4.69) is 16.0 Å². The molecule has 0 spiro atoms. The topological polar surface area (TPSA) is 191 Å². The Morgan fingerprint density at radius 3 is 1.77 bits per heavy atom. The van der Waals surface area contributed by atoms with E-state index in [1.54, 1.807) is 0 Å². The number of hydrogen-bond donors (Lipinski definition) is 7. The summed E-state index contributed by atoms with van der Waals surface area (Å²) in [6.45, 7) is 3.79. The van der Waals surface area contributed by atoms with Gasteiger partial charge in [0.15, 0.2) is 5.78 Å². The lowest BCUT2D eigenvalue weighted by atomic mass is 10.0. The lowest BCUT2D eigenvalue weighted by molar-refractivity contribution is -0.137. The minimum absolute atomic E-state index is 0.115. The van der Waals surface area contributed by atoms with Gasteiger partial charge in [-0.05, 0) is 26.2 Å². The molecule has 12 heteroatoms. The second-order valence-electron chi connectivity index (χ2n) is 7.53. The monoisotopic (exact) mass is 436 g/mol. The van der Waals surface area contributed by atoms with Gasteiger partial charge in [-0.3, -0.25) is 19.2 Å². The molecule has 174 valence electrons. The Hall–Kier alpha value is -2.15. The molecule has 0 aliphatic carbocycles. The van der Waals surface area contributed by atoms with Crippen LogP contribution in [0.5, 0.6) is 0 Å². The molecule has 0 bridgehead atoms. The van der Waals surface area contributed by atoms with Gasteiger partial charge in [-0.2, -0.15) is 0 Å². The molecule has 3 amide bonds. The van der Waals surface area contributed by atoms with Gasteiger partial charge in [0.25, 0.3) is 0 Å². The largest absolute Gasteiger partial charge is 0.394 e. The number of alkyl halides is 1. The Bertz CT molecular complexity index is 601. The van der Waals surface area contributed by atoms with Crippen molar-refractivity contribution < 1.29 is 38.9 Å². The molecule has 0 radical (unpaired) electrons. The Labute approximate surface area is 174 Å². The molecule has 0 aromatic heterocycles. The lowest BCUT2D eigenvalue weighted by Gasteiger charge is -2.27. The maximum Gasteiger partial charge on any atom is 0.245 e. The molecule has 0 saturated carbocycles. The first kappa shape index (κ1) is 27.8. The molecule has 0 fully saturated rings. The summed E-state index contributed by atoms with van der Waals surface area (Å²) in [5, 5.41) is 35.3. The van der Waals surface area contributed by atoms with Gasteiger partial charge in [-0.15, -0.1) is 0 Å².